The summed E-state index contributed by atoms with van der Waals surface area (Å²) in [6.45, 7) is 8.13. The molecule has 1 aromatic rings. The van der Waals surface area contributed by atoms with Crippen molar-refractivity contribution in [3.63, 3.8) is 0 Å². The summed E-state index contributed by atoms with van der Waals surface area (Å²) >= 11 is 8.17. The molecule has 1 aliphatic rings. The Morgan fingerprint density at radius 2 is 2.08 bits per heavy atom. The Morgan fingerprint density at radius 1 is 1.40 bits per heavy atom. The lowest BCUT2D eigenvalue weighted by Crippen LogP contribution is -2.25. The average Bonchev–Trinajstić information content (AvgIpc) is 3.22. The molecule has 1 fully saturated rings. The monoisotopic (exact) mass is 400 g/mol. The molecular weight excluding hydrogens is 376 g/mol. The van der Waals surface area contributed by atoms with Gasteiger partial charge in [0, 0.05) is 18.0 Å². The summed E-state index contributed by atoms with van der Waals surface area (Å²) in [5, 5.41) is 3.41. The Labute approximate surface area is 162 Å². The molecule has 5 nitrogen and oxygen atoms in total. The van der Waals surface area contributed by atoms with Crippen molar-refractivity contribution in [3.05, 3.63) is 16.5 Å². The third-order valence-corrected chi connectivity index (χ3v) is 6.63. The fourth-order valence-electron chi connectivity index (χ4n) is 2.43. The van der Waals surface area contributed by atoms with Gasteiger partial charge in [-0.05, 0) is 31.7 Å². The van der Waals surface area contributed by atoms with Crippen LogP contribution in [0.5, 0.6) is 0 Å². The number of likely N-dealkylation sites (tertiary alicyclic amines) is 1. The lowest BCUT2D eigenvalue weighted by Gasteiger charge is -2.17. The number of anilines is 1. The van der Waals surface area contributed by atoms with Crippen molar-refractivity contribution < 1.29 is 14.3 Å². The van der Waals surface area contributed by atoms with E-state index in [4.69, 9.17) is 17.0 Å². The van der Waals surface area contributed by atoms with Crippen molar-refractivity contribution in [1.82, 2.24) is 4.90 Å². The van der Waals surface area contributed by atoms with Gasteiger partial charge in [0.25, 0.3) is 0 Å². The minimum absolute atomic E-state index is 0.158. The van der Waals surface area contributed by atoms with Gasteiger partial charge in [0.15, 0.2) is 0 Å². The number of nitrogens with zero attached hydrogens (tertiary/aromatic N) is 1. The standard InChI is InChI=1S/C17H24N2O3S3/c1-4-22-16(21)12-9-13(11(2)3)25-15(12)18-14(20)10-24-17(23)19-7-5-6-8-19/h9,11H,4-8,10H2,1-3H3,(H,18,20). The molecule has 1 N–H and O–H groups in total. The quantitative estimate of drug-likeness (QED) is 0.573. The van der Waals surface area contributed by atoms with Crippen molar-refractivity contribution in [1.29, 1.82) is 0 Å². The molecule has 138 valence electrons. The number of carbonyl (C=O) groups excluding carboxylic acids is 2. The van der Waals surface area contributed by atoms with E-state index in [0.29, 0.717) is 17.2 Å². The molecule has 0 aromatic carbocycles. The summed E-state index contributed by atoms with van der Waals surface area (Å²) in [6.07, 6.45) is 2.31. The van der Waals surface area contributed by atoms with Crippen LogP contribution < -0.4 is 5.32 Å². The molecule has 2 rings (SSSR count). The third-order valence-electron chi connectivity index (χ3n) is 3.76. The van der Waals surface area contributed by atoms with Crippen molar-refractivity contribution in [2.75, 3.05) is 30.8 Å². The zero-order chi connectivity index (χ0) is 18.4. The van der Waals surface area contributed by atoms with Crippen LogP contribution in [0.4, 0.5) is 5.00 Å². The maximum Gasteiger partial charge on any atom is 0.341 e. The van der Waals surface area contributed by atoms with Crippen LogP contribution in [0, 0.1) is 0 Å². The number of amides is 1. The summed E-state index contributed by atoms with van der Waals surface area (Å²) < 4.78 is 5.86. The summed E-state index contributed by atoms with van der Waals surface area (Å²) in [5.41, 5.74) is 0.427. The van der Waals surface area contributed by atoms with Crippen LogP contribution in [0.1, 0.15) is 54.8 Å². The largest absolute Gasteiger partial charge is 0.462 e. The Hall–Kier alpha value is -1.12. The summed E-state index contributed by atoms with van der Waals surface area (Å²) in [7, 11) is 0. The zero-order valence-corrected chi connectivity index (χ0v) is 17.2. The van der Waals surface area contributed by atoms with Crippen molar-refractivity contribution in [3.8, 4) is 0 Å². The molecule has 0 aliphatic carbocycles. The Balaban J connectivity index is 1.98. The Bertz CT molecular complexity index is 637. The van der Waals surface area contributed by atoms with Gasteiger partial charge in [-0.3, -0.25) is 4.79 Å². The molecule has 1 aliphatic heterocycles. The topological polar surface area (TPSA) is 58.6 Å². The van der Waals surface area contributed by atoms with Gasteiger partial charge in [0.05, 0.1) is 17.9 Å². The van der Waals surface area contributed by atoms with Crippen LogP contribution in [-0.2, 0) is 9.53 Å². The minimum Gasteiger partial charge on any atom is -0.462 e. The van der Waals surface area contributed by atoms with Gasteiger partial charge < -0.3 is 15.0 Å². The molecular formula is C17H24N2O3S3. The first-order chi connectivity index (χ1) is 11.9. The minimum atomic E-state index is -0.402. The van der Waals surface area contributed by atoms with E-state index in [1.165, 1.54) is 23.1 Å². The molecule has 8 heteroatoms. The van der Waals surface area contributed by atoms with E-state index < -0.39 is 5.97 Å². The van der Waals surface area contributed by atoms with E-state index in [1.807, 2.05) is 6.07 Å². The number of hydrogen-bond acceptors (Lipinski definition) is 6. The highest BCUT2D eigenvalue weighted by Crippen LogP contribution is 2.33. The predicted molar refractivity (Wildman–Crippen MR) is 109 cm³/mol. The number of thioether (sulfide) groups is 1. The molecule has 1 aromatic heterocycles. The molecule has 25 heavy (non-hydrogen) atoms. The van der Waals surface area contributed by atoms with Crippen LogP contribution in [-0.4, -0.2) is 46.5 Å². The first kappa shape index (κ1) is 20.2. The fourth-order valence-corrected chi connectivity index (χ4v) is 4.55. The van der Waals surface area contributed by atoms with Gasteiger partial charge in [0.1, 0.15) is 9.32 Å². The maximum absolute atomic E-state index is 12.3. The van der Waals surface area contributed by atoms with E-state index in [2.05, 4.69) is 24.1 Å². The first-order valence-electron chi connectivity index (χ1n) is 8.44. The Kier molecular flexibility index (Phi) is 7.71. The molecule has 0 atom stereocenters. The molecule has 0 bridgehead atoms. The summed E-state index contributed by atoms with van der Waals surface area (Å²) in [5.74, 6) is -0.0386. The number of carbonyl (C=O) groups is 2. The molecule has 2 heterocycles. The number of thiocarbonyl (C=S) groups is 1. The van der Waals surface area contributed by atoms with E-state index in [-0.39, 0.29) is 17.6 Å². The second kappa shape index (κ2) is 9.54. The van der Waals surface area contributed by atoms with Gasteiger partial charge in [-0.2, -0.15) is 0 Å². The number of ether oxygens (including phenoxy) is 1. The zero-order valence-electron chi connectivity index (χ0n) is 14.8. The molecule has 0 unspecified atom stereocenters. The summed E-state index contributed by atoms with van der Waals surface area (Å²) in [4.78, 5) is 27.6. The molecule has 0 radical (unpaired) electrons. The van der Waals surface area contributed by atoms with Gasteiger partial charge in [0.2, 0.25) is 5.91 Å². The third kappa shape index (κ3) is 5.69. The Morgan fingerprint density at radius 3 is 2.68 bits per heavy atom. The van der Waals surface area contributed by atoms with Gasteiger partial charge in [-0.15, -0.1) is 11.3 Å². The van der Waals surface area contributed by atoms with Crippen LogP contribution in [0.25, 0.3) is 0 Å². The lowest BCUT2D eigenvalue weighted by molar-refractivity contribution is -0.113. The maximum atomic E-state index is 12.3. The highest BCUT2D eigenvalue weighted by atomic mass is 32.2. The highest BCUT2D eigenvalue weighted by molar-refractivity contribution is 8.23. The molecule has 1 saturated heterocycles. The van der Waals surface area contributed by atoms with E-state index in [1.54, 1.807) is 6.92 Å². The molecule has 0 spiro atoms. The van der Waals surface area contributed by atoms with Gasteiger partial charge >= 0.3 is 5.97 Å². The van der Waals surface area contributed by atoms with Crippen molar-refractivity contribution in [2.24, 2.45) is 0 Å². The van der Waals surface area contributed by atoms with E-state index in [0.717, 1.165) is 35.1 Å². The van der Waals surface area contributed by atoms with Crippen LogP contribution in [0.2, 0.25) is 0 Å². The molecule has 0 saturated carbocycles. The lowest BCUT2D eigenvalue weighted by atomic mass is 10.1. The average molecular weight is 401 g/mol. The van der Waals surface area contributed by atoms with Crippen molar-refractivity contribution in [2.45, 2.75) is 39.5 Å². The first-order valence-corrected chi connectivity index (χ1v) is 10.7. The SMILES string of the molecule is CCOC(=O)c1cc(C(C)C)sc1NC(=O)CSC(=S)N1CCCC1. The van der Waals surface area contributed by atoms with Crippen LogP contribution >= 0.6 is 35.3 Å². The number of esters is 1. The number of thiophene rings is 1. The fraction of sp³-hybridized carbons (Fsp3) is 0.588. The van der Waals surface area contributed by atoms with Crippen LogP contribution in [0.15, 0.2) is 6.07 Å². The predicted octanol–water partition coefficient (Wildman–Crippen LogP) is 4.10. The number of hydrogen-bond donors (Lipinski definition) is 1. The summed E-state index contributed by atoms with van der Waals surface area (Å²) in [6, 6.07) is 1.81. The van der Waals surface area contributed by atoms with Gasteiger partial charge in [-0.1, -0.05) is 37.8 Å². The van der Waals surface area contributed by atoms with E-state index in [9.17, 15) is 9.59 Å². The normalized spacial score (nSPS) is 14.0. The number of rotatable bonds is 6. The van der Waals surface area contributed by atoms with E-state index >= 15 is 0 Å². The molecule has 1 amide bonds. The second-order valence-corrected chi connectivity index (χ2v) is 8.76. The van der Waals surface area contributed by atoms with Crippen molar-refractivity contribution >= 4 is 56.5 Å². The highest BCUT2D eigenvalue weighted by Gasteiger charge is 2.21. The van der Waals surface area contributed by atoms with Gasteiger partial charge in [-0.25, -0.2) is 4.79 Å². The number of nitrogens with one attached hydrogen (secondary N) is 1. The van der Waals surface area contributed by atoms with Crippen LogP contribution in [0.3, 0.4) is 0 Å². The smallest absolute Gasteiger partial charge is 0.341 e. The second-order valence-electron chi connectivity index (χ2n) is 6.06.